The highest BCUT2D eigenvalue weighted by Gasteiger charge is 2.29. The van der Waals surface area contributed by atoms with Crippen LogP contribution in [0.3, 0.4) is 0 Å². The lowest BCUT2D eigenvalue weighted by atomic mass is 9.98. The minimum absolute atomic E-state index is 0.0211. The summed E-state index contributed by atoms with van der Waals surface area (Å²) in [6.07, 6.45) is 1.93. The van der Waals surface area contributed by atoms with E-state index in [0.29, 0.717) is 12.8 Å². The Balaban J connectivity index is 1.36. The maximum Gasteiger partial charge on any atom is 0.407 e. The Morgan fingerprint density at radius 2 is 1.71 bits per heavy atom. The molecule has 9 nitrogen and oxygen atoms in total. The molecule has 3 N–H and O–H groups in total. The number of anilines is 1. The molecule has 1 atom stereocenters. The van der Waals surface area contributed by atoms with Crippen LogP contribution in [0.4, 0.5) is 10.6 Å². The molecule has 0 fully saturated rings. The molecule has 0 radical (unpaired) electrons. The Bertz CT molecular complexity index is 1210. The van der Waals surface area contributed by atoms with Gasteiger partial charge in [-0.2, -0.15) is 5.10 Å². The minimum Gasteiger partial charge on any atom is -0.477 e. The maximum atomic E-state index is 12.8. The van der Waals surface area contributed by atoms with Crippen molar-refractivity contribution in [2.45, 2.75) is 25.7 Å². The number of aryl methyl sites for hydroxylation is 1. The molecule has 35 heavy (non-hydrogen) atoms. The van der Waals surface area contributed by atoms with Crippen molar-refractivity contribution < 1.29 is 24.2 Å². The molecule has 0 spiro atoms. The number of rotatable bonds is 9. The summed E-state index contributed by atoms with van der Waals surface area (Å²) in [6.45, 7) is 2.17. The molecule has 1 aliphatic carbocycles. The molecule has 1 unspecified atom stereocenters. The average molecular weight is 477 g/mol. The van der Waals surface area contributed by atoms with E-state index in [0.717, 1.165) is 22.3 Å². The van der Waals surface area contributed by atoms with Gasteiger partial charge in [0, 0.05) is 25.7 Å². The molecule has 0 bridgehead atoms. The predicted octanol–water partition coefficient (Wildman–Crippen LogP) is 4.01. The summed E-state index contributed by atoms with van der Waals surface area (Å²) in [6, 6.07) is 16.2. The summed E-state index contributed by atoms with van der Waals surface area (Å²) in [5.41, 5.74) is 4.43. The second-order valence-corrected chi connectivity index (χ2v) is 8.55. The van der Waals surface area contributed by atoms with E-state index in [1.165, 1.54) is 10.9 Å². The lowest BCUT2D eigenvalue weighted by Crippen LogP contribution is -2.36. The lowest BCUT2D eigenvalue weighted by molar-refractivity contribution is -0.119. The van der Waals surface area contributed by atoms with Crippen molar-refractivity contribution in [3.05, 3.63) is 71.4 Å². The van der Waals surface area contributed by atoms with Crippen LogP contribution in [0.25, 0.3) is 11.1 Å². The zero-order valence-corrected chi connectivity index (χ0v) is 19.7. The Morgan fingerprint density at radius 1 is 1.09 bits per heavy atom. The molecule has 1 heterocycles. The van der Waals surface area contributed by atoms with E-state index in [9.17, 15) is 19.5 Å². The molecule has 4 rings (SSSR count). The number of carboxylic acids is 1. The Labute approximate surface area is 203 Å². The van der Waals surface area contributed by atoms with Crippen LogP contribution in [0.2, 0.25) is 0 Å². The number of carboxylic acid groups (broad SMARTS) is 1. The molecule has 1 aliphatic rings. The number of carbonyl (C=O) groups excluding carboxylic acids is 2. The Hall–Kier alpha value is -4.14. The third-order valence-electron chi connectivity index (χ3n) is 6.15. The first-order valence-corrected chi connectivity index (χ1v) is 11.6. The van der Waals surface area contributed by atoms with Gasteiger partial charge in [0.1, 0.15) is 12.2 Å². The van der Waals surface area contributed by atoms with Crippen molar-refractivity contribution >= 4 is 23.8 Å². The number of amides is 2. The first-order valence-electron chi connectivity index (χ1n) is 11.6. The topological polar surface area (TPSA) is 123 Å². The number of aromatic nitrogens is 2. The highest BCUT2D eigenvalue weighted by Crippen LogP contribution is 2.44. The van der Waals surface area contributed by atoms with Gasteiger partial charge in [0.05, 0.1) is 5.92 Å². The zero-order valence-electron chi connectivity index (χ0n) is 19.7. The number of ether oxygens (including phenoxy) is 1. The summed E-state index contributed by atoms with van der Waals surface area (Å²) >= 11 is 0. The fourth-order valence-corrected chi connectivity index (χ4v) is 4.49. The van der Waals surface area contributed by atoms with Gasteiger partial charge in [-0.05, 0) is 28.7 Å². The standard InChI is InChI=1S/C26H28N4O5/c1-3-8-16(24(31)28-23-21(25(32)33)14-30(2)29-23)13-27-26(34)35-15-22-19-11-6-4-9-17(19)18-10-5-7-12-20(18)22/h4-7,9-12,14,16,22H,3,8,13,15H2,1-2H3,(H,27,34)(H,32,33)(H,28,29,31). The second kappa shape index (κ2) is 10.4. The molecule has 182 valence electrons. The highest BCUT2D eigenvalue weighted by molar-refractivity contribution is 6.00. The third kappa shape index (κ3) is 5.18. The summed E-state index contributed by atoms with van der Waals surface area (Å²) in [5, 5.41) is 18.6. The summed E-state index contributed by atoms with van der Waals surface area (Å²) in [5.74, 6) is -2.23. The Kier molecular flexibility index (Phi) is 7.14. The number of aromatic carboxylic acids is 1. The van der Waals surface area contributed by atoms with E-state index in [1.807, 2.05) is 43.3 Å². The zero-order chi connectivity index (χ0) is 24.9. The molecule has 2 amide bonds. The van der Waals surface area contributed by atoms with Crippen LogP contribution in [0.5, 0.6) is 0 Å². The van der Waals surface area contributed by atoms with Crippen LogP contribution in [0.15, 0.2) is 54.7 Å². The van der Waals surface area contributed by atoms with E-state index < -0.39 is 23.9 Å². The van der Waals surface area contributed by atoms with Gasteiger partial charge in [0.2, 0.25) is 5.91 Å². The van der Waals surface area contributed by atoms with Crippen LogP contribution in [0, 0.1) is 5.92 Å². The van der Waals surface area contributed by atoms with Gasteiger partial charge in [-0.3, -0.25) is 9.48 Å². The van der Waals surface area contributed by atoms with E-state index in [4.69, 9.17) is 4.74 Å². The van der Waals surface area contributed by atoms with Crippen LogP contribution in [-0.2, 0) is 16.6 Å². The number of benzene rings is 2. The first kappa shape index (κ1) is 24.0. The monoisotopic (exact) mass is 476 g/mol. The number of fused-ring (bicyclic) bond motifs is 3. The summed E-state index contributed by atoms with van der Waals surface area (Å²) in [4.78, 5) is 36.7. The van der Waals surface area contributed by atoms with Crippen molar-refractivity contribution in [1.29, 1.82) is 0 Å². The van der Waals surface area contributed by atoms with Crippen molar-refractivity contribution in [3.8, 4) is 11.1 Å². The van der Waals surface area contributed by atoms with Crippen LogP contribution >= 0.6 is 0 Å². The van der Waals surface area contributed by atoms with Crippen molar-refractivity contribution in [2.75, 3.05) is 18.5 Å². The Morgan fingerprint density at radius 3 is 2.31 bits per heavy atom. The van der Waals surface area contributed by atoms with Gasteiger partial charge in [-0.1, -0.05) is 61.9 Å². The van der Waals surface area contributed by atoms with Crippen LogP contribution in [-0.4, -0.2) is 46.0 Å². The van der Waals surface area contributed by atoms with Crippen molar-refractivity contribution in [3.63, 3.8) is 0 Å². The molecule has 9 heteroatoms. The van der Waals surface area contributed by atoms with Gasteiger partial charge in [0.25, 0.3) is 0 Å². The number of alkyl carbamates (subject to hydrolysis) is 1. The smallest absolute Gasteiger partial charge is 0.407 e. The van der Waals surface area contributed by atoms with Crippen molar-refractivity contribution in [2.24, 2.45) is 13.0 Å². The number of hydrogen-bond acceptors (Lipinski definition) is 5. The van der Waals surface area contributed by atoms with Crippen molar-refractivity contribution in [1.82, 2.24) is 15.1 Å². The minimum atomic E-state index is -1.18. The number of carbonyl (C=O) groups is 3. The number of nitrogens with zero attached hydrogens (tertiary/aromatic N) is 2. The third-order valence-corrected chi connectivity index (χ3v) is 6.15. The molecule has 1 aromatic heterocycles. The molecule has 0 saturated carbocycles. The van der Waals surface area contributed by atoms with Gasteiger partial charge >= 0.3 is 12.1 Å². The normalized spacial score (nSPS) is 13.0. The number of hydrogen-bond donors (Lipinski definition) is 3. The van der Waals surface area contributed by atoms with Gasteiger partial charge < -0.3 is 20.5 Å². The summed E-state index contributed by atoms with van der Waals surface area (Å²) < 4.78 is 6.87. The first-order chi connectivity index (χ1) is 16.9. The van der Waals surface area contributed by atoms with E-state index in [-0.39, 0.29) is 30.5 Å². The SMILES string of the molecule is CCCC(CNC(=O)OCC1c2ccccc2-c2ccccc21)C(=O)Nc1nn(C)cc1C(=O)O. The van der Waals surface area contributed by atoms with E-state index >= 15 is 0 Å². The maximum absolute atomic E-state index is 12.8. The van der Waals surface area contributed by atoms with Gasteiger partial charge in [-0.15, -0.1) is 0 Å². The largest absolute Gasteiger partial charge is 0.477 e. The second-order valence-electron chi connectivity index (χ2n) is 8.55. The van der Waals surface area contributed by atoms with Crippen LogP contribution < -0.4 is 10.6 Å². The number of nitrogens with one attached hydrogen (secondary N) is 2. The lowest BCUT2D eigenvalue weighted by Gasteiger charge is -2.18. The van der Waals surface area contributed by atoms with Crippen LogP contribution in [0.1, 0.15) is 47.2 Å². The van der Waals surface area contributed by atoms with Gasteiger partial charge in [-0.25, -0.2) is 9.59 Å². The predicted molar refractivity (Wildman–Crippen MR) is 130 cm³/mol. The molecule has 0 aliphatic heterocycles. The molecular weight excluding hydrogens is 448 g/mol. The highest BCUT2D eigenvalue weighted by atomic mass is 16.5. The fourth-order valence-electron chi connectivity index (χ4n) is 4.49. The fraction of sp³-hybridized carbons (Fsp3) is 0.308. The van der Waals surface area contributed by atoms with E-state index in [1.54, 1.807) is 7.05 Å². The molecule has 2 aromatic carbocycles. The molecular formula is C26H28N4O5. The quantitative estimate of drug-likeness (QED) is 0.429. The van der Waals surface area contributed by atoms with E-state index in [2.05, 4.69) is 27.9 Å². The summed E-state index contributed by atoms with van der Waals surface area (Å²) in [7, 11) is 1.57. The molecule has 0 saturated heterocycles. The molecule has 3 aromatic rings. The van der Waals surface area contributed by atoms with Gasteiger partial charge in [0.15, 0.2) is 5.82 Å². The average Bonchev–Trinajstić information content (AvgIpc) is 3.37.